The molecule has 0 spiro atoms. The second-order valence-corrected chi connectivity index (χ2v) is 7.64. The number of alkyl carbamates (subject to hydrolysis) is 1. The van der Waals surface area contributed by atoms with Crippen LogP contribution in [0.25, 0.3) is 11.1 Å². The molecular weight excluding hydrogens is 406 g/mol. The molecule has 2 unspecified atom stereocenters. The predicted molar refractivity (Wildman–Crippen MR) is 118 cm³/mol. The Hall–Kier alpha value is -3.73. The number of aliphatic hydroxyl groups excluding tert-OH is 2. The zero-order chi connectivity index (χ0) is 22.5. The van der Waals surface area contributed by atoms with Gasteiger partial charge in [-0.05, 0) is 46.4 Å². The summed E-state index contributed by atoms with van der Waals surface area (Å²) in [6.45, 7) is 0.337. The highest BCUT2D eigenvalue weighted by atomic mass is 16.5. The lowest BCUT2D eigenvalue weighted by Gasteiger charge is -2.19. The molecule has 1 aliphatic rings. The molecule has 3 N–H and O–H groups in total. The van der Waals surface area contributed by atoms with Crippen LogP contribution in [-0.4, -0.2) is 40.5 Å². The SMILES string of the molecule is N#Cc1cc(C(O)C(O)CCNC(=O)OCC2c3ccccc3-c3ccccc32)ccn1. The highest BCUT2D eigenvalue weighted by Gasteiger charge is 2.29. The highest BCUT2D eigenvalue weighted by molar-refractivity contribution is 5.79. The third-order valence-electron chi connectivity index (χ3n) is 5.66. The third kappa shape index (κ3) is 4.47. The van der Waals surface area contributed by atoms with E-state index in [1.165, 1.54) is 18.3 Å². The van der Waals surface area contributed by atoms with Crippen molar-refractivity contribution in [2.24, 2.45) is 0 Å². The Morgan fingerprint density at radius 1 is 1.09 bits per heavy atom. The normalized spacial score (nSPS) is 14.0. The summed E-state index contributed by atoms with van der Waals surface area (Å²) in [5.74, 6) is -0.0263. The fourth-order valence-electron chi connectivity index (χ4n) is 4.04. The Morgan fingerprint density at radius 3 is 2.41 bits per heavy atom. The lowest BCUT2D eigenvalue weighted by Crippen LogP contribution is -2.30. The van der Waals surface area contributed by atoms with Gasteiger partial charge in [0.05, 0.1) is 6.10 Å². The van der Waals surface area contributed by atoms with Crippen LogP contribution in [0.1, 0.15) is 40.8 Å². The van der Waals surface area contributed by atoms with E-state index < -0.39 is 18.3 Å². The van der Waals surface area contributed by atoms with Crippen molar-refractivity contribution < 1.29 is 19.7 Å². The molecule has 7 heteroatoms. The van der Waals surface area contributed by atoms with E-state index in [-0.39, 0.29) is 31.2 Å². The smallest absolute Gasteiger partial charge is 0.407 e. The van der Waals surface area contributed by atoms with Gasteiger partial charge in [0.25, 0.3) is 0 Å². The van der Waals surface area contributed by atoms with Crippen molar-refractivity contribution in [3.05, 3.63) is 89.2 Å². The van der Waals surface area contributed by atoms with Gasteiger partial charge in [-0.1, -0.05) is 48.5 Å². The summed E-state index contributed by atoms with van der Waals surface area (Å²) in [5.41, 5.74) is 5.13. The number of hydrogen-bond donors (Lipinski definition) is 3. The Bertz CT molecular complexity index is 1110. The molecule has 2 atom stereocenters. The summed E-state index contributed by atoms with van der Waals surface area (Å²) in [6, 6.07) is 21.1. The van der Waals surface area contributed by atoms with Crippen LogP contribution in [0.4, 0.5) is 4.79 Å². The van der Waals surface area contributed by atoms with Crippen molar-refractivity contribution in [2.45, 2.75) is 24.5 Å². The zero-order valence-electron chi connectivity index (χ0n) is 17.3. The number of hydrogen-bond acceptors (Lipinski definition) is 6. The number of nitrogens with zero attached hydrogens (tertiary/aromatic N) is 2. The van der Waals surface area contributed by atoms with Crippen LogP contribution < -0.4 is 5.32 Å². The van der Waals surface area contributed by atoms with Crippen LogP contribution in [0, 0.1) is 11.3 Å². The van der Waals surface area contributed by atoms with E-state index in [1.54, 1.807) is 0 Å². The van der Waals surface area contributed by atoms with Crippen LogP contribution in [0.5, 0.6) is 0 Å². The maximum atomic E-state index is 12.2. The van der Waals surface area contributed by atoms with E-state index in [4.69, 9.17) is 10.00 Å². The molecule has 1 heterocycles. The van der Waals surface area contributed by atoms with Gasteiger partial charge in [-0.3, -0.25) is 0 Å². The summed E-state index contributed by atoms with van der Waals surface area (Å²) in [4.78, 5) is 16.0. The molecule has 162 valence electrons. The largest absolute Gasteiger partial charge is 0.449 e. The van der Waals surface area contributed by atoms with Crippen LogP contribution in [0.2, 0.25) is 0 Å². The molecular formula is C25H23N3O4. The minimum Gasteiger partial charge on any atom is -0.449 e. The topological polar surface area (TPSA) is 115 Å². The molecule has 2 aromatic carbocycles. The van der Waals surface area contributed by atoms with Gasteiger partial charge in [-0.15, -0.1) is 0 Å². The first kappa shape index (κ1) is 21.5. The number of carbonyl (C=O) groups is 1. The molecule has 1 amide bonds. The lowest BCUT2D eigenvalue weighted by atomic mass is 9.98. The summed E-state index contributed by atoms with van der Waals surface area (Å²) in [7, 11) is 0. The van der Waals surface area contributed by atoms with Crippen molar-refractivity contribution in [2.75, 3.05) is 13.2 Å². The predicted octanol–water partition coefficient (Wildman–Crippen LogP) is 3.28. The Kier molecular flexibility index (Phi) is 6.45. The molecule has 0 saturated carbocycles. The number of aromatic nitrogens is 1. The zero-order valence-corrected chi connectivity index (χ0v) is 17.3. The average Bonchev–Trinajstić information content (AvgIpc) is 3.16. The first-order valence-corrected chi connectivity index (χ1v) is 10.4. The van der Waals surface area contributed by atoms with E-state index >= 15 is 0 Å². The molecule has 3 aromatic rings. The number of benzene rings is 2. The van der Waals surface area contributed by atoms with E-state index in [9.17, 15) is 15.0 Å². The number of ether oxygens (including phenoxy) is 1. The standard InChI is InChI=1S/C25H23N3O4/c26-14-17-13-16(9-11-27-17)24(30)23(29)10-12-28-25(31)32-15-22-20-7-3-1-5-18(20)19-6-2-4-8-21(19)22/h1-9,11,13,22-24,29-30H,10,12,15H2,(H,28,31). The van der Waals surface area contributed by atoms with E-state index in [1.807, 2.05) is 30.3 Å². The Morgan fingerprint density at radius 2 is 1.75 bits per heavy atom. The number of pyridine rings is 1. The maximum Gasteiger partial charge on any atom is 0.407 e. The van der Waals surface area contributed by atoms with Crippen molar-refractivity contribution in [1.29, 1.82) is 5.26 Å². The number of nitrogens with one attached hydrogen (secondary N) is 1. The van der Waals surface area contributed by atoms with Gasteiger partial charge in [0.15, 0.2) is 0 Å². The van der Waals surface area contributed by atoms with Gasteiger partial charge in [-0.25, -0.2) is 9.78 Å². The highest BCUT2D eigenvalue weighted by Crippen LogP contribution is 2.44. The van der Waals surface area contributed by atoms with Gasteiger partial charge in [0, 0.05) is 18.7 Å². The van der Waals surface area contributed by atoms with Crippen LogP contribution in [0.3, 0.4) is 0 Å². The summed E-state index contributed by atoms with van der Waals surface area (Å²) in [5, 5.41) is 32.0. The molecule has 1 aliphatic carbocycles. The number of amides is 1. The first-order valence-electron chi connectivity index (χ1n) is 10.4. The van der Waals surface area contributed by atoms with E-state index in [0.717, 1.165) is 22.3 Å². The summed E-state index contributed by atoms with van der Waals surface area (Å²) >= 11 is 0. The van der Waals surface area contributed by atoms with Crippen molar-refractivity contribution in [3.8, 4) is 17.2 Å². The molecule has 7 nitrogen and oxygen atoms in total. The monoisotopic (exact) mass is 429 g/mol. The van der Waals surface area contributed by atoms with Gasteiger partial charge in [0.2, 0.25) is 0 Å². The molecule has 4 rings (SSSR count). The van der Waals surface area contributed by atoms with Crippen LogP contribution >= 0.6 is 0 Å². The van der Waals surface area contributed by atoms with Gasteiger partial charge >= 0.3 is 6.09 Å². The lowest BCUT2D eigenvalue weighted by molar-refractivity contribution is 0.0136. The first-order chi connectivity index (χ1) is 15.6. The third-order valence-corrected chi connectivity index (χ3v) is 5.66. The number of carbonyl (C=O) groups excluding carboxylic acids is 1. The molecule has 0 aliphatic heterocycles. The molecule has 0 saturated heterocycles. The maximum absolute atomic E-state index is 12.2. The molecule has 32 heavy (non-hydrogen) atoms. The fraction of sp³-hybridized carbons (Fsp3) is 0.240. The fourth-order valence-corrected chi connectivity index (χ4v) is 4.04. The van der Waals surface area contributed by atoms with E-state index in [0.29, 0.717) is 5.56 Å². The second kappa shape index (κ2) is 9.60. The van der Waals surface area contributed by atoms with Gasteiger partial charge in [0.1, 0.15) is 24.5 Å². The minimum atomic E-state index is -1.19. The molecule has 0 bridgehead atoms. The average molecular weight is 429 g/mol. The summed E-state index contributed by atoms with van der Waals surface area (Å²) < 4.78 is 5.46. The quantitative estimate of drug-likeness (QED) is 0.531. The Balaban J connectivity index is 1.28. The second-order valence-electron chi connectivity index (χ2n) is 7.64. The van der Waals surface area contributed by atoms with Crippen LogP contribution in [-0.2, 0) is 4.74 Å². The minimum absolute atomic E-state index is 0.0263. The van der Waals surface area contributed by atoms with Crippen molar-refractivity contribution >= 4 is 6.09 Å². The summed E-state index contributed by atoms with van der Waals surface area (Å²) in [6.07, 6.45) is -1.36. The number of nitriles is 1. The molecule has 0 radical (unpaired) electrons. The van der Waals surface area contributed by atoms with E-state index in [2.05, 4.69) is 34.6 Å². The van der Waals surface area contributed by atoms with Crippen LogP contribution in [0.15, 0.2) is 66.9 Å². The number of aliphatic hydroxyl groups is 2. The van der Waals surface area contributed by atoms with Crippen molar-refractivity contribution in [1.82, 2.24) is 10.3 Å². The van der Waals surface area contributed by atoms with Crippen molar-refractivity contribution in [3.63, 3.8) is 0 Å². The van der Waals surface area contributed by atoms with Gasteiger partial charge in [-0.2, -0.15) is 5.26 Å². The Labute approximate surface area is 185 Å². The number of rotatable bonds is 7. The molecule has 1 aromatic heterocycles. The molecule has 0 fully saturated rings. The van der Waals surface area contributed by atoms with Gasteiger partial charge < -0.3 is 20.3 Å². The number of fused-ring (bicyclic) bond motifs is 3.